The van der Waals surface area contributed by atoms with E-state index in [1.165, 1.54) is 24.1 Å². The molecule has 1 saturated carbocycles. The maximum atomic E-state index is 10.1. The molecule has 0 radical (unpaired) electrons. The molecule has 1 aromatic carbocycles. The van der Waals surface area contributed by atoms with Crippen LogP contribution in [0.2, 0.25) is 0 Å². The van der Waals surface area contributed by atoms with Crippen molar-refractivity contribution in [3.05, 3.63) is 35.5 Å². The molecule has 25 heavy (non-hydrogen) atoms. The van der Waals surface area contributed by atoms with Crippen molar-refractivity contribution in [3.63, 3.8) is 0 Å². The highest BCUT2D eigenvalue weighted by Crippen LogP contribution is 2.50. The molecule has 1 aliphatic heterocycles. The second kappa shape index (κ2) is 6.56. The van der Waals surface area contributed by atoms with Crippen LogP contribution in [0.5, 0.6) is 11.5 Å². The topological polar surface area (TPSA) is 41.9 Å². The minimum Gasteiger partial charge on any atom is -0.490 e. The van der Waals surface area contributed by atoms with Gasteiger partial charge in [-0.2, -0.15) is 0 Å². The van der Waals surface area contributed by atoms with Gasteiger partial charge in [0.05, 0.1) is 19.3 Å². The van der Waals surface area contributed by atoms with Crippen LogP contribution >= 0.6 is 0 Å². The Kier molecular flexibility index (Phi) is 4.40. The molecule has 2 aliphatic carbocycles. The summed E-state index contributed by atoms with van der Waals surface area (Å²) in [5.74, 6) is 2.44. The molecule has 0 unspecified atom stereocenters. The highest BCUT2D eigenvalue weighted by Gasteiger charge is 2.45. The standard InChI is InChI=1S/C21H29NO3/c1-3-24-18-7-6-16(12-19(18)25-14-15-4-5-15)21-9-8-17(23)13-20(21)22(2)11-10-21/h6-7,12-13,15,17,23H,3-5,8-11,14H2,1-2H3/t17-,21+/m1/s1. The summed E-state index contributed by atoms with van der Waals surface area (Å²) in [6, 6.07) is 6.45. The molecule has 136 valence electrons. The number of aliphatic hydroxyl groups is 1. The van der Waals surface area contributed by atoms with Crippen LogP contribution in [0.4, 0.5) is 0 Å². The molecule has 2 fully saturated rings. The first-order chi connectivity index (χ1) is 12.1. The zero-order valence-electron chi connectivity index (χ0n) is 15.3. The summed E-state index contributed by atoms with van der Waals surface area (Å²) in [5, 5.41) is 10.1. The van der Waals surface area contributed by atoms with Gasteiger partial charge >= 0.3 is 0 Å². The van der Waals surface area contributed by atoms with Crippen molar-refractivity contribution in [2.45, 2.75) is 50.5 Å². The third kappa shape index (κ3) is 3.12. The third-order valence-corrected chi connectivity index (χ3v) is 5.96. The molecule has 4 rings (SSSR count). The van der Waals surface area contributed by atoms with E-state index in [1.54, 1.807) is 0 Å². The predicted molar refractivity (Wildman–Crippen MR) is 98.1 cm³/mol. The lowest BCUT2D eigenvalue weighted by molar-refractivity contribution is 0.181. The van der Waals surface area contributed by atoms with Crippen LogP contribution in [-0.2, 0) is 5.41 Å². The van der Waals surface area contributed by atoms with Crippen LogP contribution in [0, 0.1) is 5.92 Å². The highest BCUT2D eigenvalue weighted by molar-refractivity contribution is 5.49. The Morgan fingerprint density at radius 1 is 1.16 bits per heavy atom. The van der Waals surface area contributed by atoms with E-state index in [2.05, 4.69) is 36.2 Å². The molecule has 3 aliphatic rings. The molecular weight excluding hydrogens is 314 g/mol. The van der Waals surface area contributed by atoms with Gasteiger partial charge in [0.15, 0.2) is 11.5 Å². The predicted octanol–water partition coefficient (Wildman–Crippen LogP) is 3.49. The Bertz CT molecular complexity index is 667. The Morgan fingerprint density at radius 2 is 2.00 bits per heavy atom. The van der Waals surface area contributed by atoms with Crippen molar-refractivity contribution in [3.8, 4) is 11.5 Å². The van der Waals surface area contributed by atoms with E-state index < -0.39 is 0 Å². The molecule has 4 heteroatoms. The van der Waals surface area contributed by atoms with Gasteiger partial charge in [-0.1, -0.05) is 6.07 Å². The zero-order valence-corrected chi connectivity index (χ0v) is 15.3. The molecule has 0 spiro atoms. The van der Waals surface area contributed by atoms with E-state index >= 15 is 0 Å². The monoisotopic (exact) mass is 343 g/mol. The fraction of sp³-hybridized carbons (Fsp3) is 0.619. The molecule has 1 heterocycles. The van der Waals surface area contributed by atoms with E-state index in [0.717, 1.165) is 43.9 Å². The van der Waals surface area contributed by atoms with Gasteiger partial charge in [-0.3, -0.25) is 0 Å². The van der Waals surface area contributed by atoms with Gasteiger partial charge < -0.3 is 19.5 Å². The number of ether oxygens (including phenoxy) is 2. The minimum atomic E-state index is -0.322. The van der Waals surface area contributed by atoms with Gasteiger partial charge in [-0.05, 0) is 68.7 Å². The number of hydrogen-bond acceptors (Lipinski definition) is 4. The first-order valence-electron chi connectivity index (χ1n) is 9.64. The zero-order chi connectivity index (χ0) is 17.4. The van der Waals surface area contributed by atoms with E-state index in [0.29, 0.717) is 12.5 Å². The first kappa shape index (κ1) is 16.8. The second-order valence-corrected chi connectivity index (χ2v) is 7.76. The number of nitrogens with zero attached hydrogens (tertiary/aromatic N) is 1. The number of likely N-dealkylation sites (N-methyl/N-ethyl adjacent to an activating group) is 1. The van der Waals surface area contributed by atoms with Crippen LogP contribution in [0.15, 0.2) is 30.0 Å². The Morgan fingerprint density at radius 3 is 2.76 bits per heavy atom. The fourth-order valence-corrected chi connectivity index (χ4v) is 4.29. The molecule has 2 atom stereocenters. The van der Waals surface area contributed by atoms with Gasteiger partial charge in [0.25, 0.3) is 0 Å². The van der Waals surface area contributed by atoms with Gasteiger partial charge in [0.2, 0.25) is 0 Å². The fourth-order valence-electron chi connectivity index (χ4n) is 4.29. The number of rotatable bonds is 6. The Balaban J connectivity index is 1.69. The number of benzene rings is 1. The largest absolute Gasteiger partial charge is 0.490 e. The van der Waals surface area contributed by atoms with Crippen molar-refractivity contribution in [2.75, 3.05) is 26.8 Å². The van der Waals surface area contributed by atoms with Crippen LogP contribution in [0.1, 0.15) is 44.6 Å². The van der Waals surface area contributed by atoms with E-state index in [1.807, 2.05) is 6.92 Å². The summed E-state index contributed by atoms with van der Waals surface area (Å²) in [7, 11) is 2.13. The average Bonchev–Trinajstić information content (AvgIpc) is 3.39. The van der Waals surface area contributed by atoms with Crippen LogP contribution in [0.25, 0.3) is 0 Å². The molecule has 1 N–H and O–H groups in total. The number of aliphatic hydroxyl groups excluding tert-OH is 1. The van der Waals surface area contributed by atoms with Crippen LogP contribution in [0.3, 0.4) is 0 Å². The lowest BCUT2D eigenvalue weighted by atomic mass is 9.70. The molecular formula is C21H29NO3. The summed E-state index contributed by atoms with van der Waals surface area (Å²) in [6.07, 6.45) is 7.20. The maximum Gasteiger partial charge on any atom is 0.161 e. The van der Waals surface area contributed by atoms with Crippen LogP contribution in [-0.4, -0.2) is 42.9 Å². The molecule has 1 aromatic rings. The maximum absolute atomic E-state index is 10.1. The average molecular weight is 343 g/mol. The third-order valence-electron chi connectivity index (χ3n) is 5.96. The lowest BCUT2D eigenvalue weighted by Gasteiger charge is -2.37. The van der Waals surface area contributed by atoms with Crippen LogP contribution < -0.4 is 9.47 Å². The molecule has 0 amide bonds. The van der Waals surface area contributed by atoms with E-state index in [4.69, 9.17) is 9.47 Å². The summed E-state index contributed by atoms with van der Waals surface area (Å²) in [6.45, 7) is 4.47. The number of allylic oxidation sites excluding steroid dienone is 1. The summed E-state index contributed by atoms with van der Waals surface area (Å²) < 4.78 is 11.9. The van der Waals surface area contributed by atoms with Gasteiger partial charge in [-0.15, -0.1) is 0 Å². The SMILES string of the molecule is CCOc1ccc([C@@]23CC[C@@H](O)C=C2N(C)CC3)cc1OCC1CC1. The van der Waals surface area contributed by atoms with Gasteiger partial charge in [0, 0.05) is 24.7 Å². The summed E-state index contributed by atoms with van der Waals surface area (Å²) in [5.41, 5.74) is 2.57. The van der Waals surface area contributed by atoms with E-state index in [9.17, 15) is 5.11 Å². The highest BCUT2D eigenvalue weighted by atomic mass is 16.5. The number of likely N-dealkylation sites (tertiary alicyclic amines) is 1. The van der Waals surface area contributed by atoms with E-state index in [-0.39, 0.29) is 11.5 Å². The normalized spacial score (nSPS) is 28.5. The molecule has 0 bridgehead atoms. The van der Waals surface area contributed by atoms with Gasteiger partial charge in [-0.25, -0.2) is 0 Å². The smallest absolute Gasteiger partial charge is 0.161 e. The second-order valence-electron chi connectivity index (χ2n) is 7.76. The molecule has 1 saturated heterocycles. The van der Waals surface area contributed by atoms with Gasteiger partial charge in [0.1, 0.15) is 0 Å². The van der Waals surface area contributed by atoms with Crippen molar-refractivity contribution in [1.82, 2.24) is 4.90 Å². The Hall–Kier alpha value is -1.68. The quantitative estimate of drug-likeness (QED) is 0.859. The lowest BCUT2D eigenvalue weighted by Crippen LogP contribution is -2.33. The molecule has 4 nitrogen and oxygen atoms in total. The number of hydrogen-bond donors (Lipinski definition) is 1. The number of fused-ring (bicyclic) bond motifs is 1. The first-order valence-corrected chi connectivity index (χ1v) is 9.64. The minimum absolute atomic E-state index is 0.0103. The van der Waals surface area contributed by atoms with Crippen molar-refractivity contribution in [1.29, 1.82) is 0 Å². The summed E-state index contributed by atoms with van der Waals surface area (Å²) in [4.78, 5) is 2.30. The molecule has 0 aromatic heterocycles. The summed E-state index contributed by atoms with van der Waals surface area (Å²) >= 11 is 0. The van der Waals surface area contributed by atoms with Crippen molar-refractivity contribution < 1.29 is 14.6 Å². The Labute approximate surface area is 150 Å². The van der Waals surface area contributed by atoms with Crippen molar-refractivity contribution in [2.24, 2.45) is 5.92 Å². The van der Waals surface area contributed by atoms with Crippen molar-refractivity contribution >= 4 is 0 Å².